The second kappa shape index (κ2) is 8.98. The van der Waals surface area contributed by atoms with Gasteiger partial charge in [0.05, 0.1) is 0 Å². The van der Waals surface area contributed by atoms with E-state index in [-0.39, 0.29) is 17.5 Å². The molecule has 31 heavy (non-hydrogen) atoms. The van der Waals surface area contributed by atoms with Gasteiger partial charge in [-0.15, -0.1) is 5.10 Å². The zero-order valence-corrected chi connectivity index (χ0v) is 19.6. The number of anilines is 1. The zero-order valence-electron chi connectivity index (χ0n) is 18.8. The van der Waals surface area contributed by atoms with Crippen molar-refractivity contribution in [2.45, 2.75) is 53.1 Å². The maximum Gasteiger partial charge on any atom is 0.280 e. The van der Waals surface area contributed by atoms with Crippen molar-refractivity contribution < 1.29 is 9.59 Å². The molecule has 3 rings (SSSR count). The molecule has 0 bridgehead atoms. The highest BCUT2D eigenvalue weighted by Gasteiger charge is 2.36. The van der Waals surface area contributed by atoms with Crippen LogP contribution < -0.4 is 10.2 Å². The molecule has 2 aromatic carbocycles. The number of nitrogens with one attached hydrogen (secondary N) is 1. The summed E-state index contributed by atoms with van der Waals surface area (Å²) < 4.78 is 3.85. The molecule has 0 spiro atoms. The number of rotatable bonds is 5. The Morgan fingerprint density at radius 2 is 1.65 bits per heavy atom. The number of aryl methyl sites for hydroxylation is 3. The summed E-state index contributed by atoms with van der Waals surface area (Å²) in [6.45, 7) is 11.7. The van der Waals surface area contributed by atoms with Crippen LogP contribution in [0.3, 0.4) is 0 Å². The smallest absolute Gasteiger partial charge is 0.280 e. The fourth-order valence-electron chi connectivity index (χ4n) is 3.33. The van der Waals surface area contributed by atoms with Gasteiger partial charge in [-0.2, -0.15) is 0 Å². The van der Waals surface area contributed by atoms with Gasteiger partial charge in [-0.1, -0.05) is 46.4 Å². The number of hydrogen-bond acceptors (Lipinski definition) is 5. The van der Waals surface area contributed by atoms with Crippen molar-refractivity contribution in [2.75, 3.05) is 4.90 Å². The molecule has 1 atom stereocenters. The lowest BCUT2D eigenvalue weighted by Crippen LogP contribution is -2.49. The third-order valence-corrected chi connectivity index (χ3v) is 5.32. The molecule has 0 aliphatic rings. The standard InChI is InChI=1S/C24H28N4O2S/c1-15-8-11-18(12-9-15)21(22(29)25-24(4,5)6)28(23(30)19-14-31-27-26-19)20-13-16(2)7-10-17(20)3/h7-14,21H,1-6H3,(H,25,29). The lowest BCUT2D eigenvalue weighted by Gasteiger charge is -2.34. The summed E-state index contributed by atoms with van der Waals surface area (Å²) in [5.41, 5.74) is 4.12. The van der Waals surface area contributed by atoms with Crippen LogP contribution in [0.4, 0.5) is 5.69 Å². The Labute approximate surface area is 187 Å². The van der Waals surface area contributed by atoms with Gasteiger partial charge in [0.1, 0.15) is 6.04 Å². The summed E-state index contributed by atoms with van der Waals surface area (Å²) in [4.78, 5) is 28.8. The van der Waals surface area contributed by atoms with Crippen molar-refractivity contribution >= 4 is 29.0 Å². The number of carbonyl (C=O) groups excluding carboxylic acids is 2. The van der Waals surface area contributed by atoms with Crippen LogP contribution in [0.2, 0.25) is 0 Å². The molecule has 162 valence electrons. The highest BCUT2D eigenvalue weighted by molar-refractivity contribution is 7.03. The van der Waals surface area contributed by atoms with Crippen molar-refractivity contribution in [1.29, 1.82) is 0 Å². The van der Waals surface area contributed by atoms with E-state index in [0.29, 0.717) is 5.69 Å². The van der Waals surface area contributed by atoms with Crippen LogP contribution >= 0.6 is 11.5 Å². The number of carbonyl (C=O) groups is 2. The minimum Gasteiger partial charge on any atom is -0.349 e. The van der Waals surface area contributed by atoms with Crippen LogP contribution in [-0.4, -0.2) is 26.9 Å². The van der Waals surface area contributed by atoms with Gasteiger partial charge >= 0.3 is 0 Å². The quantitative estimate of drug-likeness (QED) is 0.625. The van der Waals surface area contributed by atoms with Crippen LogP contribution in [0.1, 0.15) is 59.6 Å². The maximum atomic E-state index is 13.7. The lowest BCUT2D eigenvalue weighted by molar-refractivity contribution is -0.123. The predicted molar refractivity (Wildman–Crippen MR) is 124 cm³/mol. The lowest BCUT2D eigenvalue weighted by atomic mass is 9.98. The first-order valence-corrected chi connectivity index (χ1v) is 11.0. The monoisotopic (exact) mass is 436 g/mol. The Morgan fingerprint density at radius 3 is 2.23 bits per heavy atom. The molecule has 6 nitrogen and oxygen atoms in total. The average Bonchev–Trinajstić information content (AvgIpc) is 3.22. The zero-order chi connectivity index (χ0) is 22.8. The topological polar surface area (TPSA) is 75.2 Å². The molecule has 0 saturated carbocycles. The van der Waals surface area contributed by atoms with Gasteiger partial charge < -0.3 is 5.32 Å². The van der Waals surface area contributed by atoms with Gasteiger partial charge in [0, 0.05) is 16.6 Å². The van der Waals surface area contributed by atoms with Crippen molar-refractivity contribution in [1.82, 2.24) is 14.9 Å². The van der Waals surface area contributed by atoms with Gasteiger partial charge in [0.25, 0.3) is 5.91 Å². The van der Waals surface area contributed by atoms with E-state index in [4.69, 9.17) is 0 Å². The molecular weight excluding hydrogens is 408 g/mol. The van der Waals surface area contributed by atoms with Crippen molar-refractivity contribution in [3.63, 3.8) is 0 Å². The minimum absolute atomic E-state index is 0.214. The van der Waals surface area contributed by atoms with Gasteiger partial charge in [-0.25, -0.2) is 0 Å². The molecular formula is C24H28N4O2S. The third-order valence-electron chi connectivity index (χ3n) is 4.82. The predicted octanol–water partition coefficient (Wildman–Crippen LogP) is 4.77. The third kappa shape index (κ3) is 5.35. The summed E-state index contributed by atoms with van der Waals surface area (Å²) in [6, 6.07) is 12.7. The van der Waals surface area contributed by atoms with E-state index in [2.05, 4.69) is 14.9 Å². The Kier molecular flexibility index (Phi) is 6.55. The van der Waals surface area contributed by atoms with Crippen LogP contribution in [0.5, 0.6) is 0 Å². The van der Waals surface area contributed by atoms with Gasteiger partial charge in [0.15, 0.2) is 5.69 Å². The molecule has 1 unspecified atom stereocenters. The molecule has 7 heteroatoms. The van der Waals surface area contributed by atoms with Crippen LogP contribution in [0.25, 0.3) is 0 Å². The van der Waals surface area contributed by atoms with E-state index >= 15 is 0 Å². The Bertz CT molecular complexity index is 1070. The van der Waals surface area contributed by atoms with Crippen LogP contribution in [0.15, 0.2) is 47.8 Å². The maximum absolute atomic E-state index is 13.7. The van der Waals surface area contributed by atoms with E-state index in [1.165, 1.54) is 0 Å². The van der Waals surface area contributed by atoms with E-state index in [9.17, 15) is 9.59 Å². The first kappa shape index (κ1) is 22.6. The number of amides is 2. The molecule has 0 fully saturated rings. The molecule has 0 aliphatic heterocycles. The number of benzene rings is 2. The number of aromatic nitrogens is 2. The fraction of sp³-hybridized carbons (Fsp3) is 0.333. The number of nitrogens with zero attached hydrogens (tertiary/aromatic N) is 3. The first-order chi connectivity index (χ1) is 14.6. The first-order valence-electron chi connectivity index (χ1n) is 10.1. The van der Waals surface area contributed by atoms with Crippen LogP contribution in [0, 0.1) is 20.8 Å². The van der Waals surface area contributed by atoms with E-state index in [1.807, 2.05) is 84.0 Å². The molecule has 3 aromatic rings. The van der Waals surface area contributed by atoms with Gasteiger partial charge in [-0.3, -0.25) is 14.5 Å². The molecule has 1 heterocycles. The summed E-state index contributed by atoms with van der Waals surface area (Å²) in [7, 11) is 0. The Balaban J connectivity index is 2.23. The second-order valence-electron chi connectivity index (χ2n) is 8.81. The summed E-state index contributed by atoms with van der Waals surface area (Å²) >= 11 is 1.11. The molecule has 2 amide bonds. The fourth-order valence-corrected chi connectivity index (χ4v) is 3.76. The van der Waals surface area contributed by atoms with Gasteiger partial charge in [0.2, 0.25) is 5.91 Å². The molecule has 0 radical (unpaired) electrons. The SMILES string of the molecule is Cc1ccc(C(C(=O)NC(C)(C)C)N(C(=O)c2csnn2)c2cc(C)ccc2C)cc1. The summed E-state index contributed by atoms with van der Waals surface area (Å²) in [5, 5.41) is 8.64. The van der Waals surface area contributed by atoms with Crippen molar-refractivity contribution in [3.05, 3.63) is 75.8 Å². The largest absolute Gasteiger partial charge is 0.349 e. The van der Waals surface area contributed by atoms with E-state index < -0.39 is 11.6 Å². The van der Waals surface area contributed by atoms with E-state index in [1.54, 1.807) is 10.3 Å². The van der Waals surface area contributed by atoms with Crippen molar-refractivity contribution in [3.8, 4) is 0 Å². The second-order valence-corrected chi connectivity index (χ2v) is 9.42. The molecule has 0 aliphatic carbocycles. The summed E-state index contributed by atoms with van der Waals surface area (Å²) in [5.74, 6) is -0.620. The number of hydrogen-bond donors (Lipinski definition) is 1. The van der Waals surface area contributed by atoms with Gasteiger partial charge in [-0.05, 0) is 75.8 Å². The Hall–Kier alpha value is -3.06. The average molecular weight is 437 g/mol. The minimum atomic E-state index is -0.866. The normalized spacial score (nSPS) is 12.3. The molecule has 1 N–H and O–H groups in total. The molecule has 0 saturated heterocycles. The Morgan fingerprint density at radius 1 is 1.00 bits per heavy atom. The summed E-state index contributed by atoms with van der Waals surface area (Å²) in [6.07, 6.45) is 0. The van der Waals surface area contributed by atoms with Crippen LogP contribution in [-0.2, 0) is 4.79 Å². The molecule has 1 aromatic heterocycles. The van der Waals surface area contributed by atoms with E-state index in [0.717, 1.165) is 33.8 Å². The highest BCUT2D eigenvalue weighted by atomic mass is 32.1. The highest BCUT2D eigenvalue weighted by Crippen LogP contribution is 2.33. The van der Waals surface area contributed by atoms with Crippen molar-refractivity contribution in [2.24, 2.45) is 0 Å².